The lowest BCUT2D eigenvalue weighted by atomic mass is 10.1. The lowest BCUT2D eigenvalue weighted by Crippen LogP contribution is -2.17. The lowest BCUT2D eigenvalue weighted by molar-refractivity contribution is -0.150. The van der Waals surface area contributed by atoms with E-state index in [1.165, 1.54) is 0 Å². The van der Waals surface area contributed by atoms with Gasteiger partial charge in [0.15, 0.2) is 0 Å². The van der Waals surface area contributed by atoms with Crippen molar-refractivity contribution in [3.63, 3.8) is 0 Å². The van der Waals surface area contributed by atoms with Gasteiger partial charge in [-0.25, -0.2) is 0 Å². The Morgan fingerprint density at radius 2 is 1.12 bits per heavy atom. The van der Waals surface area contributed by atoms with Crippen LogP contribution in [0.5, 0.6) is 0 Å². The summed E-state index contributed by atoms with van der Waals surface area (Å²) in [6.07, 6.45) is 16.0. The Hall–Kier alpha value is -1.14. The fraction of sp³-hybridized carbons (Fsp3) is 0.923. The number of unbranched alkanes of at least 4 members (excludes halogenated alkanes) is 5. The molecule has 2 rings (SSSR count). The van der Waals surface area contributed by atoms with E-state index < -0.39 is 0 Å². The van der Waals surface area contributed by atoms with Gasteiger partial charge in [0.05, 0.1) is 24.4 Å². The topological polar surface area (TPSA) is 71.1 Å². The Labute approximate surface area is 195 Å². The molecule has 0 aromatic carbocycles. The molecular weight excluding hydrogens is 408 g/mol. The van der Waals surface area contributed by atoms with Crippen molar-refractivity contribution >= 4 is 11.9 Å². The van der Waals surface area contributed by atoms with Crippen LogP contribution in [0, 0.1) is 0 Å². The van der Waals surface area contributed by atoms with Crippen molar-refractivity contribution in [1.82, 2.24) is 0 Å². The zero-order chi connectivity index (χ0) is 23.0. The lowest BCUT2D eigenvalue weighted by Gasteiger charge is -2.15. The average molecular weight is 455 g/mol. The van der Waals surface area contributed by atoms with Gasteiger partial charge in [-0.05, 0) is 78.1 Å². The predicted molar refractivity (Wildman–Crippen MR) is 124 cm³/mol. The van der Waals surface area contributed by atoms with Crippen molar-refractivity contribution in [2.75, 3.05) is 13.2 Å². The minimum Gasteiger partial charge on any atom is -0.463 e. The third-order valence-corrected chi connectivity index (χ3v) is 6.52. The van der Waals surface area contributed by atoms with Crippen LogP contribution in [0.15, 0.2) is 0 Å². The van der Waals surface area contributed by atoms with E-state index in [1.807, 2.05) is 13.8 Å². The summed E-state index contributed by atoms with van der Waals surface area (Å²) in [4.78, 5) is 23.9. The summed E-state index contributed by atoms with van der Waals surface area (Å²) in [7, 11) is 0. The predicted octanol–water partition coefficient (Wildman–Crippen LogP) is 5.89. The fourth-order valence-corrected chi connectivity index (χ4v) is 4.52. The largest absolute Gasteiger partial charge is 0.463 e. The Morgan fingerprint density at radius 3 is 1.50 bits per heavy atom. The molecule has 0 saturated carbocycles. The number of rotatable bonds is 17. The maximum absolute atomic E-state index is 12.0. The minimum absolute atomic E-state index is 0.0229. The molecule has 0 spiro atoms. The van der Waals surface area contributed by atoms with Gasteiger partial charge >= 0.3 is 11.9 Å². The van der Waals surface area contributed by atoms with E-state index in [-0.39, 0.29) is 24.1 Å². The van der Waals surface area contributed by atoms with Gasteiger partial charge in [-0.3, -0.25) is 9.59 Å². The highest BCUT2D eigenvalue weighted by Gasteiger charge is 2.19. The number of carbonyl (C=O) groups is 2. The molecule has 0 unspecified atom stereocenters. The molecule has 2 aliphatic heterocycles. The van der Waals surface area contributed by atoms with Crippen LogP contribution in [-0.4, -0.2) is 49.6 Å². The summed E-state index contributed by atoms with van der Waals surface area (Å²) in [5.74, 6) is -0.164. The fourth-order valence-electron chi connectivity index (χ4n) is 4.52. The van der Waals surface area contributed by atoms with Crippen LogP contribution >= 0.6 is 0 Å². The molecule has 0 N–H and O–H groups in total. The molecule has 2 saturated heterocycles. The minimum atomic E-state index is -0.0822. The Kier molecular flexibility index (Phi) is 14.0. The van der Waals surface area contributed by atoms with E-state index in [9.17, 15) is 9.59 Å². The Morgan fingerprint density at radius 1 is 0.719 bits per heavy atom. The van der Waals surface area contributed by atoms with Crippen LogP contribution in [0.2, 0.25) is 0 Å². The van der Waals surface area contributed by atoms with Crippen molar-refractivity contribution in [3.05, 3.63) is 0 Å². The van der Waals surface area contributed by atoms with Gasteiger partial charge in [-0.1, -0.05) is 25.7 Å². The second-order valence-corrected chi connectivity index (χ2v) is 9.65. The first kappa shape index (κ1) is 27.1. The molecule has 6 heteroatoms. The number of esters is 2. The van der Waals surface area contributed by atoms with Crippen LogP contribution in [0.25, 0.3) is 0 Å². The maximum Gasteiger partial charge on any atom is 0.306 e. The third kappa shape index (κ3) is 12.8. The Bertz CT molecular complexity index is 464. The van der Waals surface area contributed by atoms with Crippen LogP contribution < -0.4 is 0 Å². The summed E-state index contributed by atoms with van der Waals surface area (Å²) < 4.78 is 22.2. The van der Waals surface area contributed by atoms with E-state index in [4.69, 9.17) is 18.9 Å². The highest BCUT2D eigenvalue weighted by Crippen LogP contribution is 2.20. The second-order valence-electron chi connectivity index (χ2n) is 9.65. The molecule has 6 nitrogen and oxygen atoms in total. The van der Waals surface area contributed by atoms with Gasteiger partial charge in [-0.2, -0.15) is 0 Å². The molecule has 0 aliphatic carbocycles. The molecule has 4 atom stereocenters. The van der Waals surface area contributed by atoms with Gasteiger partial charge in [0, 0.05) is 26.1 Å². The first-order valence-corrected chi connectivity index (χ1v) is 13.1. The molecule has 0 radical (unpaired) electrons. The standard InChI is InChI=1S/C26H46O6/c1-21(15-17-23-11-9-19-29-23)31-25(27)13-7-5-3-4-6-8-14-26(28)32-22(2)16-18-24-12-10-20-30-24/h21-24H,3-20H2,1-2H3/t21-,22-,23-,24-/m0/s1. The average Bonchev–Trinajstić information content (AvgIpc) is 3.47. The molecule has 2 aliphatic rings. The van der Waals surface area contributed by atoms with Gasteiger partial charge in [0.1, 0.15) is 0 Å². The van der Waals surface area contributed by atoms with Gasteiger partial charge < -0.3 is 18.9 Å². The van der Waals surface area contributed by atoms with Crippen molar-refractivity contribution in [1.29, 1.82) is 0 Å². The van der Waals surface area contributed by atoms with Crippen LogP contribution in [0.1, 0.15) is 117 Å². The second kappa shape index (κ2) is 16.5. The zero-order valence-electron chi connectivity index (χ0n) is 20.5. The molecular formula is C26H46O6. The molecule has 186 valence electrons. The number of hydrogen-bond acceptors (Lipinski definition) is 6. The van der Waals surface area contributed by atoms with E-state index in [0.29, 0.717) is 25.0 Å². The highest BCUT2D eigenvalue weighted by atomic mass is 16.5. The summed E-state index contributed by atoms with van der Waals surface area (Å²) in [5.41, 5.74) is 0. The van der Waals surface area contributed by atoms with Crippen molar-refractivity contribution in [2.24, 2.45) is 0 Å². The van der Waals surface area contributed by atoms with Crippen molar-refractivity contribution < 1.29 is 28.5 Å². The number of hydrogen-bond donors (Lipinski definition) is 0. The summed E-state index contributed by atoms with van der Waals surface area (Å²) in [6.45, 7) is 5.70. The summed E-state index contributed by atoms with van der Waals surface area (Å²) >= 11 is 0. The van der Waals surface area contributed by atoms with Gasteiger partial charge in [0.25, 0.3) is 0 Å². The quantitative estimate of drug-likeness (QED) is 0.202. The SMILES string of the molecule is C[C@@H](CC[C@@H]1CCCO1)OC(=O)CCCCCCCCC(=O)O[C@@H](C)CC[C@@H]1CCCO1. The van der Waals surface area contributed by atoms with E-state index in [2.05, 4.69) is 0 Å². The summed E-state index contributed by atoms with van der Waals surface area (Å²) in [6, 6.07) is 0. The van der Waals surface area contributed by atoms with Crippen LogP contribution in [0.3, 0.4) is 0 Å². The van der Waals surface area contributed by atoms with Crippen molar-refractivity contribution in [3.8, 4) is 0 Å². The van der Waals surface area contributed by atoms with Crippen LogP contribution in [-0.2, 0) is 28.5 Å². The molecule has 32 heavy (non-hydrogen) atoms. The molecule has 0 aromatic heterocycles. The van der Waals surface area contributed by atoms with E-state index in [1.54, 1.807) is 0 Å². The zero-order valence-corrected chi connectivity index (χ0v) is 20.5. The molecule has 0 bridgehead atoms. The monoisotopic (exact) mass is 454 g/mol. The first-order chi connectivity index (χ1) is 15.5. The number of carbonyl (C=O) groups excluding carboxylic acids is 2. The summed E-state index contributed by atoms with van der Waals surface area (Å²) in [5, 5.41) is 0. The van der Waals surface area contributed by atoms with Crippen LogP contribution in [0.4, 0.5) is 0 Å². The molecule has 2 heterocycles. The van der Waals surface area contributed by atoms with Gasteiger partial charge in [-0.15, -0.1) is 0 Å². The third-order valence-electron chi connectivity index (χ3n) is 6.52. The number of ether oxygens (including phenoxy) is 4. The van der Waals surface area contributed by atoms with E-state index in [0.717, 1.165) is 103 Å². The molecule has 0 amide bonds. The van der Waals surface area contributed by atoms with Gasteiger partial charge in [0.2, 0.25) is 0 Å². The molecule has 2 fully saturated rings. The Balaban J connectivity index is 1.35. The maximum atomic E-state index is 12.0. The smallest absolute Gasteiger partial charge is 0.306 e. The van der Waals surface area contributed by atoms with E-state index >= 15 is 0 Å². The normalized spacial score (nSPS) is 22.6. The van der Waals surface area contributed by atoms with Crippen molar-refractivity contribution in [2.45, 2.75) is 141 Å². The molecule has 0 aromatic rings. The highest BCUT2D eigenvalue weighted by molar-refractivity contribution is 5.69. The first-order valence-electron chi connectivity index (χ1n) is 13.1.